The van der Waals surface area contributed by atoms with Crippen molar-refractivity contribution in [3.05, 3.63) is 11.6 Å². The number of alkyl halides is 2. The molecule has 0 amide bonds. The summed E-state index contributed by atoms with van der Waals surface area (Å²) in [6.07, 6.45) is 6.92. The second-order valence-corrected chi connectivity index (χ2v) is 9.11. The fourth-order valence-electron chi connectivity index (χ4n) is 7.20. The van der Waals surface area contributed by atoms with E-state index in [-0.39, 0.29) is 41.1 Å². The Morgan fingerprint density at radius 1 is 1.12 bits per heavy atom. The van der Waals surface area contributed by atoms with Crippen molar-refractivity contribution in [1.82, 2.24) is 0 Å². The molecule has 5 aliphatic rings. The Morgan fingerprint density at radius 3 is 2.62 bits per heavy atom. The van der Waals surface area contributed by atoms with Crippen LogP contribution < -0.4 is 0 Å². The van der Waals surface area contributed by atoms with Gasteiger partial charge in [-0.2, -0.15) is 0 Å². The summed E-state index contributed by atoms with van der Waals surface area (Å²) in [5.41, 5.74) is -0.0494. The van der Waals surface area contributed by atoms with Gasteiger partial charge in [0, 0.05) is 30.3 Å². The van der Waals surface area contributed by atoms with Gasteiger partial charge in [-0.25, -0.2) is 8.78 Å². The quantitative estimate of drug-likeness (QED) is 0.641. The van der Waals surface area contributed by atoms with Gasteiger partial charge in [-0.05, 0) is 61.9 Å². The zero-order valence-electron chi connectivity index (χ0n) is 15.4. The van der Waals surface area contributed by atoms with Gasteiger partial charge >= 0.3 is 0 Å². The summed E-state index contributed by atoms with van der Waals surface area (Å²) in [6, 6.07) is 0. The molecule has 3 nitrogen and oxygen atoms in total. The Hall–Kier alpha value is -0.810. The lowest BCUT2D eigenvalue weighted by Crippen LogP contribution is -2.53. The minimum atomic E-state index is -2.81. The van der Waals surface area contributed by atoms with E-state index in [0.29, 0.717) is 38.3 Å². The smallest absolute Gasteiger partial charge is 0.270 e. The van der Waals surface area contributed by atoms with E-state index >= 15 is 8.78 Å². The number of carbonyl (C=O) groups is 1. The normalized spacial score (nSPS) is 45.8. The molecule has 26 heavy (non-hydrogen) atoms. The number of ether oxygens (including phenoxy) is 2. The van der Waals surface area contributed by atoms with Crippen LogP contribution in [-0.4, -0.2) is 30.7 Å². The maximum absolute atomic E-state index is 15.3. The first-order valence-electron chi connectivity index (χ1n) is 10.3. The van der Waals surface area contributed by atoms with E-state index in [1.165, 1.54) is 0 Å². The number of halogens is 2. The average Bonchev–Trinajstić information content (AvgIpc) is 3.20. The largest absolute Gasteiger partial charge is 0.344 e. The average molecular weight is 366 g/mol. The van der Waals surface area contributed by atoms with E-state index in [2.05, 4.69) is 6.92 Å². The lowest BCUT2D eigenvalue weighted by atomic mass is 9.50. The molecule has 4 fully saturated rings. The molecule has 1 saturated heterocycles. The summed E-state index contributed by atoms with van der Waals surface area (Å²) in [7, 11) is 0. The van der Waals surface area contributed by atoms with Crippen LogP contribution >= 0.6 is 0 Å². The fraction of sp³-hybridized carbons (Fsp3) is 0.857. The molecule has 0 radical (unpaired) electrons. The second-order valence-electron chi connectivity index (χ2n) is 9.11. The highest BCUT2D eigenvalue weighted by atomic mass is 19.3. The Bertz CT molecular complexity index is 652. The third-order valence-electron chi connectivity index (χ3n) is 8.35. The van der Waals surface area contributed by atoms with Gasteiger partial charge in [-0.15, -0.1) is 0 Å². The SMILES string of the molecule is CC[C@]12CC[C@H]3[C@@H](CC(F)(F)C4=CC5(CC[C@@H]43)OCCO5)[C@@H]1CCC2=O. The molecule has 0 aromatic heterocycles. The third kappa shape index (κ3) is 2.19. The summed E-state index contributed by atoms with van der Waals surface area (Å²) >= 11 is 0. The van der Waals surface area contributed by atoms with E-state index in [9.17, 15) is 4.79 Å². The standard InChI is InChI=1S/C21H28F2O3/c1-2-19-7-5-13-14-6-8-20(25-9-10-26-20)12-17(14)21(22,23)11-15(13)16(19)3-4-18(19)24/h12-16H,2-11H2,1H3/t13-,14-,15-,16+,19+/m1/s1. The zero-order valence-corrected chi connectivity index (χ0v) is 15.4. The number of fused-ring (bicyclic) bond motifs is 5. The number of rotatable bonds is 1. The molecule has 0 bridgehead atoms. The van der Waals surface area contributed by atoms with Crippen molar-refractivity contribution in [3.8, 4) is 0 Å². The molecule has 5 rings (SSSR count). The van der Waals surface area contributed by atoms with Crippen LogP contribution in [0.5, 0.6) is 0 Å². The monoisotopic (exact) mass is 366 g/mol. The first kappa shape index (κ1) is 17.3. The lowest BCUT2D eigenvalue weighted by molar-refractivity contribution is -0.155. The van der Waals surface area contributed by atoms with Crippen LogP contribution in [0.25, 0.3) is 0 Å². The van der Waals surface area contributed by atoms with Crippen LogP contribution in [-0.2, 0) is 14.3 Å². The van der Waals surface area contributed by atoms with Gasteiger partial charge < -0.3 is 9.47 Å². The summed E-state index contributed by atoms with van der Waals surface area (Å²) < 4.78 is 41.9. The maximum Gasteiger partial charge on any atom is 0.270 e. The molecule has 1 heterocycles. The molecule has 0 unspecified atom stereocenters. The summed E-state index contributed by atoms with van der Waals surface area (Å²) in [6.45, 7) is 3.03. The van der Waals surface area contributed by atoms with Gasteiger partial charge in [0.05, 0.1) is 13.2 Å². The van der Waals surface area contributed by atoms with Crippen LogP contribution in [0.3, 0.4) is 0 Å². The minimum absolute atomic E-state index is 0.0215. The van der Waals surface area contributed by atoms with Crippen molar-refractivity contribution in [1.29, 1.82) is 0 Å². The second kappa shape index (κ2) is 5.60. The molecule has 5 atom stereocenters. The predicted octanol–water partition coefficient (Wildman–Crippen LogP) is 4.51. The molecule has 5 heteroatoms. The van der Waals surface area contributed by atoms with Gasteiger partial charge in [-0.1, -0.05) is 6.92 Å². The first-order valence-corrected chi connectivity index (χ1v) is 10.3. The maximum atomic E-state index is 15.3. The molecular formula is C21H28F2O3. The molecule has 1 spiro atoms. The third-order valence-corrected chi connectivity index (χ3v) is 8.35. The number of carbonyl (C=O) groups excluding carboxylic acids is 1. The highest BCUT2D eigenvalue weighted by Crippen LogP contribution is 2.64. The van der Waals surface area contributed by atoms with E-state index in [0.717, 1.165) is 25.7 Å². The molecule has 144 valence electrons. The van der Waals surface area contributed by atoms with Crippen molar-refractivity contribution >= 4 is 5.78 Å². The van der Waals surface area contributed by atoms with Crippen molar-refractivity contribution < 1.29 is 23.0 Å². The van der Waals surface area contributed by atoms with Gasteiger partial charge in [-0.3, -0.25) is 4.79 Å². The van der Waals surface area contributed by atoms with E-state index in [1.54, 1.807) is 6.08 Å². The topological polar surface area (TPSA) is 35.5 Å². The molecule has 0 aromatic carbocycles. The molecule has 0 aromatic rings. The molecule has 1 aliphatic heterocycles. The van der Waals surface area contributed by atoms with Crippen LogP contribution in [0.15, 0.2) is 11.6 Å². The Labute approximate surface area is 153 Å². The molecular weight excluding hydrogens is 338 g/mol. The van der Waals surface area contributed by atoms with Crippen molar-refractivity contribution in [2.75, 3.05) is 13.2 Å². The highest BCUT2D eigenvalue weighted by Gasteiger charge is 2.63. The van der Waals surface area contributed by atoms with E-state index in [1.807, 2.05) is 0 Å². The minimum Gasteiger partial charge on any atom is -0.344 e. The van der Waals surface area contributed by atoms with Crippen LogP contribution in [0.1, 0.15) is 58.3 Å². The van der Waals surface area contributed by atoms with Crippen LogP contribution in [0, 0.1) is 29.1 Å². The van der Waals surface area contributed by atoms with Crippen LogP contribution in [0.4, 0.5) is 8.78 Å². The van der Waals surface area contributed by atoms with E-state index < -0.39 is 11.7 Å². The highest BCUT2D eigenvalue weighted by molar-refractivity contribution is 5.87. The number of ketones is 1. The first-order chi connectivity index (χ1) is 12.4. The molecule has 3 saturated carbocycles. The number of hydrogen-bond donors (Lipinski definition) is 0. The van der Waals surface area contributed by atoms with Gasteiger partial charge in [0.25, 0.3) is 5.92 Å². The van der Waals surface area contributed by atoms with Crippen LogP contribution in [0.2, 0.25) is 0 Å². The summed E-state index contributed by atoms with van der Waals surface area (Å²) in [5, 5.41) is 0. The van der Waals surface area contributed by atoms with Gasteiger partial charge in [0.1, 0.15) is 5.78 Å². The summed E-state index contributed by atoms with van der Waals surface area (Å²) in [4.78, 5) is 12.6. The number of allylic oxidation sites excluding steroid dienone is 1. The van der Waals surface area contributed by atoms with Crippen molar-refractivity contribution in [2.24, 2.45) is 29.1 Å². The lowest BCUT2D eigenvalue weighted by Gasteiger charge is -2.55. The van der Waals surface area contributed by atoms with E-state index in [4.69, 9.17) is 9.47 Å². The fourth-order valence-corrected chi connectivity index (χ4v) is 7.20. The van der Waals surface area contributed by atoms with Gasteiger partial charge in [0.15, 0.2) is 5.79 Å². The molecule has 0 N–H and O–H groups in total. The van der Waals surface area contributed by atoms with Crippen molar-refractivity contribution in [2.45, 2.75) is 70.0 Å². The predicted molar refractivity (Wildman–Crippen MR) is 91.7 cm³/mol. The van der Waals surface area contributed by atoms with Gasteiger partial charge in [0.2, 0.25) is 0 Å². The van der Waals surface area contributed by atoms with Crippen molar-refractivity contribution in [3.63, 3.8) is 0 Å². The Kier molecular flexibility index (Phi) is 3.73. The Morgan fingerprint density at radius 2 is 1.88 bits per heavy atom. The molecule has 4 aliphatic carbocycles. The zero-order chi connectivity index (χ0) is 18.2. The Balaban J connectivity index is 1.51. The summed E-state index contributed by atoms with van der Waals surface area (Å²) in [5.74, 6) is -3.04. The number of Topliss-reactive ketones (excluding diaryl/α,β-unsaturated/α-hetero) is 1. The number of hydrogen-bond acceptors (Lipinski definition) is 3.